The van der Waals surface area contributed by atoms with Crippen LogP contribution < -0.4 is 4.72 Å². The third kappa shape index (κ3) is 4.87. The summed E-state index contributed by atoms with van der Waals surface area (Å²) < 4.78 is 65.4. The minimum absolute atomic E-state index is 0.0488. The first-order valence-electron chi connectivity index (χ1n) is 8.94. The summed E-state index contributed by atoms with van der Waals surface area (Å²) in [5.41, 5.74) is -0.373. The van der Waals surface area contributed by atoms with Gasteiger partial charge in [-0.15, -0.1) is 0 Å². The predicted molar refractivity (Wildman–Crippen MR) is 99.4 cm³/mol. The van der Waals surface area contributed by atoms with E-state index in [0.717, 1.165) is 0 Å². The minimum atomic E-state index is -3.73. The van der Waals surface area contributed by atoms with Crippen LogP contribution in [0.25, 0.3) is 0 Å². The highest BCUT2D eigenvalue weighted by atomic mass is 32.2. The smallest absolute Gasteiger partial charge is 0.243 e. The van der Waals surface area contributed by atoms with Gasteiger partial charge in [-0.1, -0.05) is 0 Å². The van der Waals surface area contributed by atoms with Gasteiger partial charge in [0.1, 0.15) is 0 Å². The van der Waals surface area contributed by atoms with E-state index < -0.39 is 20.0 Å². The standard InChI is InChI=1S/C17H26N2O6S2/c1-17(2)13-14(7-10-25-17)18-26(20,21)15-3-5-16(6-4-15)27(22,23)19-8-11-24-12-9-19/h3-6,14,18H,7-13H2,1-2H3/t14-/m0/s1. The van der Waals surface area contributed by atoms with Crippen molar-refractivity contribution in [1.82, 2.24) is 9.03 Å². The number of ether oxygens (including phenoxy) is 2. The number of nitrogens with zero attached hydrogens (tertiary/aromatic N) is 1. The maximum Gasteiger partial charge on any atom is 0.243 e. The number of morpholine rings is 1. The van der Waals surface area contributed by atoms with Crippen LogP contribution in [0, 0.1) is 0 Å². The fraction of sp³-hybridized carbons (Fsp3) is 0.647. The van der Waals surface area contributed by atoms with Crippen molar-refractivity contribution in [3.8, 4) is 0 Å². The molecule has 0 radical (unpaired) electrons. The van der Waals surface area contributed by atoms with Crippen LogP contribution in [-0.2, 0) is 29.5 Å². The highest BCUT2D eigenvalue weighted by Gasteiger charge is 2.32. The van der Waals surface area contributed by atoms with Gasteiger partial charge >= 0.3 is 0 Å². The van der Waals surface area contributed by atoms with E-state index in [-0.39, 0.29) is 21.4 Å². The van der Waals surface area contributed by atoms with Crippen molar-refractivity contribution >= 4 is 20.0 Å². The highest BCUT2D eigenvalue weighted by Crippen LogP contribution is 2.25. The molecule has 1 atom stereocenters. The van der Waals surface area contributed by atoms with Crippen LogP contribution in [0.15, 0.2) is 34.1 Å². The zero-order chi connectivity index (χ0) is 19.7. The van der Waals surface area contributed by atoms with Crippen molar-refractivity contribution in [2.45, 2.75) is 48.1 Å². The molecule has 0 spiro atoms. The van der Waals surface area contributed by atoms with Gasteiger partial charge in [-0.2, -0.15) is 4.31 Å². The van der Waals surface area contributed by atoms with Crippen LogP contribution in [0.4, 0.5) is 0 Å². The lowest BCUT2D eigenvalue weighted by molar-refractivity contribution is -0.0599. The summed E-state index contributed by atoms with van der Waals surface area (Å²) in [5, 5.41) is 0. The molecule has 0 aliphatic carbocycles. The largest absolute Gasteiger partial charge is 0.379 e. The Kier molecular flexibility index (Phi) is 5.95. The number of rotatable bonds is 5. The first kappa shape index (κ1) is 20.7. The minimum Gasteiger partial charge on any atom is -0.379 e. The lowest BCUT2D eigenvalue weighted by Crippen LogP contribution is -2.45. The lowest BCUT2D eigenvalue weighted by atomic mass is 9.95. The summed E-state index contributed by atoms with van der Waals surface area (Å²) >= 11 is 0. The molecule has 152 valence electrons. The van der Waals surface area contributed by atoms with E-state index in [9.17, 15) is 16.8 Å². The summed E-state index contributed by atoms with van der Waals surface area (Å²) in [6.45, 7) is 5.66. The maximum atomic E-state index is 12.6. The summed E-state index contributed by atoms with van der Waals surface area (Å²) in [5.74, 6) is 0. The molecule has 0 saturated carbocycles. The van der Waals surface area contributed by atoms with Gasteiger partial charge in [0.2, 0.25) is 20.0 Å². The van der Waals surface area contributed by atoms with E-state index in [1.54, 1.807) is 0 Å². The van der Waals surface area contributed by atoms with Gasteiger partial charge in [0.25, 0.3) is 0 Å². The third-order valence-corrected chi connectivity index (χ3v) is 8.21. The number of hydrogen-bond acceptors (Lipinski definition) is 6. The molecular formula is C17H26N2O6S2. The van der Waals surface area contributed by atoms with Gasteiger partial charge in [-0.05, 0) is 51.0 Å². The van der Waals surface area contributed by atoms with E-state index in [1.807, 2.05) is 13.8 Å². The summed E-state index contributed by atoms with van der Waals surface area (Å²) in [7, 11) is -7.38. The van der Waals surface area contributed by atoms with E-state index in [2.05, 4.69) is 4.72 Å². The van der Waals surface area contributed by atoms with Gasteiger partial charge < -0.3 is 9.47 Å². The van der Waals surface area contributed by atoms with Crippen molar-refractivity contribution < 1.29 is 26.3 Å². The maximum absolute atomic E-state index is 12.6. The molecule has 2 heterocycles. The van der Waals surface area contributed by atoms with Crippen molar-refractivity contribution in [1.29, 1.82) is 0 Å². The second kappa shape index (κ2) is 7.76. The zero-order valence-electron chi connectivity index (χ0n) is 15.5. The Bertz CT molecular complexity index is 859. The Balaban J connectivity index is 1.74. The van der Waals surface area contributed by atoms with Crippen LogP contribution in [0.5, 0.6) is 0 Å². The molecule has 10 heteroatoms. The Morgan fingerprint density at radius 3 is 2.19 bits per heavy atom. The molecule has 2 fully saturated rings. The fourth-order valence-electron chi connectivity index (χ4n) is 3.35. The number of benzene rings is 1. The monoisotopic (exact) mass is 418 g/mol. The van der Waals surface area contributed by atoms with Crippen LogP contribution >= 0.6 is 0 Å². The molecule has 3 rings (SSSR count). The molecule has 2 aliphatic rings. The van der Waals surface area contributed by atoms with Gasteiger partial charge in [0, 0.05) is 25.7 Å². The van der Waals surface area contributed by atoms with E-state index in [1.165, 1.54) is 28.6 Å². The SMILES string of the molecule is CC1(C)C[C@@H](NS(=O)(=O)c2ccc(S(=O)(=O)N3CCOCC3)cc2)CCO1. The average Bonchev–Trinajstić information content (AvgIpc) is 2.61. The van der Waals surface area contributed by atoms with Gasteiger partial charge in [0.15, 0.2) is 0 Å². The molecule has 0 aromatic heterocycles. The number of hydrogen-bond donors (Lipinski definition) is 1. The van der Waals surface area contributed by atoms with Gasteiger partial charge in [-0.3, -0.25) is 0 Å². The molecule has 1 aromatic rings. The molecule has 0 amide bonds. The molecule has 27 heavy (non-hydrogen) atoms. The Morgan fingerprint density at radius 1 is 1.00 bits per heavy atom. The predicted octanol–water partition coefficient (Wildman–Crippen LogP) is 0.943. The molecule has 1 aromatic carbocycles. The van der Waals surface area contributed by atoms with Crippen molar-refractivity contribution in [3.63, 3.8) is 0 Å². The van der Waals surface area contributed by atoms with E-state index in [0.29, 0.717) is 45.8 Å². The number of nitrogens with one attached hydrogen (secondary N) is 1. The molecule has 8 nitrogen and oxygen atoms in total. The van der Waals surface area contributed by atoms with Crippen molar-refractivity contribution in [2.75, 3.05) is 32.9 Å². The molecule has 0 unspecified atom stereocenters. The van der Waals surface area contributed by atoms with Gasteiger partial charge in [-0.25, -0.2) is 21.6 Å². The number of sulfonamides is 2. The lowest BCUT2D eigenvalue weighted by Gasteiger charge is -2.35. The van der Waals surface area contributed by atoms with Crippen LogP contribution in [0.1, 0.15) is 26.7 Å². The topological polar surface area (TPSA) is 102 Å². The fourth-order valence-corrected chi connectivity index (χ4v) is 6.03. The Morgan fingerprint density at radius 2 is 1.59 bits per heavy atom. The van der Waals surface area contributed by atoms with Crippen LogP contribution in [-0.4, -0.2) is 65.7 Å². The highest BCUT2D eigenvalue weighted by molar-refractivity contribution is 7.89. The summed E-state index contributed by atoms with van der Waals surface area (Å²) in [6, 6.07) is 5.14. The summed E-state index contributed by atoms with van der Waals surface area (Å²) in [4.78, 5) is 0.128. The normalized spacial score (nSPS) is 24.6. The van der Waals surface area contributed by atoms with Crippen LogP contribution in [0.2, 0.25) is 0 Å². The Labute approximate surface area is 160 Å². The Hall–Kier alpha value is -1.04. The van der Waals surface area contributed by atoms with Crippen molar-refractivity contribution in [2.24, 2.45) is 0 Å². The molecule has 1 N–H and O–H groups in total. The second-order valence-corrected chi connectivity index (χ2v) is 11.1. The van der Waals surface area contributed by atoms with Crippen LogP contribution in [0.3, 0.4) is 0 Å². The zero-order valence-corrected chi connectivity index (χ0v) is 17.2. The average molecular weight is 419 g/mol. The molecule has 2 aliphatic heterocycles. The molecule has 2 saturated heterocycles. The van der Waals surface area contributed by atoms with Gasteiger partial charge in [0.05, 0.1) is 28.6 Å². The van der Waals surface area contributed by atoms with Crippen molar-refractivity contribution in [3.05, 3.63) is 24.3 Å². The van der Waals surface area contributed by atoms with E-state index in [4.69, 9.17) is 9.47 Å². The third-order valence-electron chi connectivity index (χ3n) is 4.76. The molecular weight excluding hydrogens is 392 g/mol. The second-order valence-electron chi connectivity index (χ2n) is 7.41. The first-order chi connectivity index (χ1) is 12.6. The quantitative estimate of drug-likeness (QED) is 0.764. The van der Waals surface area contributed by atoms with E-state index >= 15 is 0 Å². The first-order valence-corrected chi connectivity index (χ1v) is 11.9. The molecule has 0 bridgehead atoms. The summed E-state index contributed by atoms with van der Waals surface area (Å²) in [6.07, 6.45) is 1.18.